The second-order valence-electron chi connectivity index (χ2n) is 4.36. The molecule has 0 radical (unpaired) electrons. The van der Waals surface area contributed by atoms with Gasteiger partial charge in [0.15, 0.2) is 0 Å². The summed E-state index contributed by atoms with van der Waals surface area (Å²) in [4.78, 5) is 6.48. The average Bonchev–Trinajstić information content (AvgIpc) is 2.34. The van der Waals surface area contributed by atoms with E-state index in [1.54, 1.807) is 0 Å². The predicted molar refractivity (Wildman–Crippen MR) is 71.2 cm³/mol. The number of pyridine rings is 1. The third kappa shape index (κ3) is 4.71. The molecule has 1 rings (SSSR count). The molecule has 0 unspecified atom stereocenters. The van der Waals surface area contributed by atoms with Gasteiger partial charge in [-0.2, -0.15) is 0 Å². The molecule has 0 spiro atoms. The Balaban J connectivity index is 2.59. The Labute approximate surface area is 104 Å². The first-order valence-electron chi connectivity index (χ1n) is 6.21. The van der Waals surface area contributed by atoms with Gasteiger partial charge >= 0.3 is 0 Å². The number of likely N-dealkylation sites (N-methyl/N-ethyl adjacent to an activating group) is 1. The second-order valence-corrected chi connectivity index (χ2v) is 4.36. The lowest BCUT2D eigenvalue weighted by atomic mass is 10.2. The molecule has 0 bridgehead atoms. The van der Waals surface area contributed by atoms with Gasteiger partial charge in [0, 0.05) is 31.9 Å². The van der Waals surface area contributed by atoms with E-state index >= 15 is 0 Å². The molecule has 4 nitrogen and oxygen atoms in total. The molecule has 0 amide bonds. The van der Waals surface area contributed by atoms with Gasteiger partial charge in [-0.3, -0.25) is 0 Å². The lowest BCUT2D eigenvalue weighted by Crippen LogP contribution is -2.27. The van der Waals surface area contributed by atoms with E-state index in [1.165, 1.54) is 5.56 Å². The highest BCUT2D eigenvalue weighted by molar-refractivity contribution is 5.39. The van der Waals surface area contributed by atoms with E-state index in [0.29, 0.717) is 12.6 Å². The van der Waals surface area contributed by atoms with Crippen LogP contribution in [0.3, 0.4) is 0 Å². The van der Waals surface area contributed by atoms with Crippen LogP contribution < -0.4 is 10.2 Å². The summed E-state index contributed by atoms with van der Waals surface area (Å²) in [5, 5.41) is 12.3. The quantitative estimate of drug-likeness (QED) is 0.752. The number of aliphatic hydroxyl groups excluding tert-OH is 1. The highest BCUT2D eigenvalue weighted by atomic mass is 16.3. The number of anilines is 1. The van der Waals surface area contributed by atoms with Crippen molar-refractivity contribution in [1.29, 1.82) is 0 Å². The third-order valence-corrected chi connectivity index (χ3v) is 2.60. The zero-order valence-corrected chi connectivity index (χ0v) is 11.0. The molecule has 1 aromatic rings. The minimum absolute atomic E-state index is 0.159. The molecule has 2 N–H and O–H groups in total. The van der Waals surface area contributed by atoms with E-state index in [0.717, 1.165) is 18.9 Å². The minimum Gasteiger partial charge on any atom is -0.395 e. The van der Waals surface area contributed by atoms with Crippen LogP contribution in [0.5, 0.6) is 0 Å². The van der Waals surface area contributed by atoms with Crippen molar-refractivity contribution in [3.05, 3.63) is 23.9 Å². The van der Waals surface area contributed by atoms with Crippen LogP contribution in [0.1, 0.15) is 26.3 Å². The fourth-order valence-electron chi connectivity index (χ4n) is 1.59. The summed E-state index contributed by atoms with van der Waals surface area (Å²) in [5.74, 6) is 0.926. The normalized spacial score (nSPS) is 10.9. The number of aliphatic hydroxyl groups is 1. The zero-order valence-electron chi connectivity index (χ0n) is 11.0. The van der Waals surface area contributed by atoms with Crippen molar-refractivity contribution >= 4 is 5.82 Å². The minimum atomic E-state index is 0.159. The summed E-state index contributed by atoms with van der Waals surface area (Å²) in [6.07, 6.45) is 1.89. The lowest BCUT2D eigenvalue weighted by molar-refractivity contribution is 0.302. The third-order valence-electron chi connectivity index (χ3n) is 2.60. The SMILES string of the molecule is CCN(CCO)c1ccc(CNC(C)C)cn1. The van der Waals surface area contributed by atoms with Crippen molar-refractivity contribution in [2.24, 2.45) is 0 Å². The fourth-order valence-corrected chi connectivity index (χ4v) is 1.59. The smallest absolute Gasteiger partial charge is 0.128 e. The molecule has 4 heteroatoms. The molecule has 0 aliphatic heterocycles. The number of nitrogens with one attached hydrogen (secondary N) is 1. The van der Waals surface area contributed by atoms with Gasteiger partial charge in [0.05, 0.1) is 6.61 Å². The van der Waals surface area contributed by atoms with Gasteiger partial charge in [-0.15, -0.1) is 0 Å². The van der Waals surface area contributed by atoms with Crippen molar-refractivity contribution < 1.29 is 5.11 Å². The van der Waals surface area contributed by atoms with Gasteiger partial charge in [0.1, 0.15) is 5.82 Å². The van der Waals surface area contributed by atoms with Crippen molar-refractivity contribution in [1.82, 2.24) is 10.3 Å². The van der Waals surface area contributed by atoms with Crippen LogP contribution in [0.2, 0.25) is 0 Å². The first-order valence-corrected chi connectivity index (χ1v) is 6.21. The van der Waals surface area contributed by atoms with Crippen LogP contribution in [0.15, 0.2) is 18.3 Å². The van der Waals surface area contributed by atoms with Crippen LogP contribution in [0.25, 0.3) is 0 Å². The second kappa shape index (κ2) is 7.25. The van der Waals surface area contributed by atoms with E-state index in [2.05, 4.69) is 42.0 Å². The maximum absolute atomic E-state index is 8.95. The highest BCUT2D eigenvalue weighted by Gasteiger charge is 2.04. The van der Waals surface area contributed by atoms with Crippen LogP contribution >= 0.6 is 0 Å². The van der Waals surface area contributed by atoms with Gasteiger partial charge < -0.3 is 15.3 Å². The summed E-state index contributed by atoms with van der Waals surface area (Å²) < 4.78 is 0. The lowest BCUT2D eigenvalue weighted by Gasteiger charge is -2.20. The Morgan fingerprint density at radius 3 is 2.65 bits per heavy atom. The maximum atomic E-state index is 8.95. The molecule has 0 saturated carbocycles. The molecule has 1 heterocycles. The molecule has 1 aromatic heterocycles. The fraction of sp³-hybridized carbons (Fsp3) is 0.615. The Kier molecular flexibility index (Phi) is 5.94. The molecular weight excluding hydrogens is 214 g/mol. The predicted octanol–water partition coefficient (Wildman–Crippen LogP) is 1.40. The molecule has 0 aliphatic carbocycles. The van der Waals surface area contributed by atoms with Gasteiger partial charge in [-0.1, -0.05) is 19.9 Å². The van der Waals surface area contributed by atoms with Crippen LogP contribution in [-0.2, 0) is 6.54 Å². The topological polar surface area (TPSA) is 48.4 Å². The van der Waals surface area contributed by atoms with Crippen LogP contribution in [-0.4, -0.2) is 35.8 Å². The molecule has 0 atom stereocenters. The molecule has 0 fully saturated rings. The number of aromatic nitrogens is 1. The summed E-state index contributed by atoms with van der Waals surface area (Å²) in [6, 6.07) is 4.57. The van der Waals surface area contributed by atoms with E-state index < -0.39 is 0 Å². The number of nitrogens with zero attached hydrogens (tertiary/aromatic N) is 2. The zero-order chi connectivity index (χ0) is 12.7. The highest BCUT2D eigenvalue weighted by Crippen LogP contribution is 2.10. The average molecular weight is 237 g/mol. The molecule has 0 aliphatic rings. The van der Waals surface area contributed by atoms with Gasteiger partial charge in [-0.05, 0) is 18.6 Å². The van der Waals surface area contributed by atoms with Crippen LogP contribution in [0.4, 0.5) is 5.82 Å². The van der Waals surface area contributed by atoms with Gasteiger partial charge in [-0.25, -0.2) is 4.98 Å². The van der Waals surface area contributed by atoms with E-state index in [-0.39, 0.29) is 6.61 Å². The van der Waals surface area contributed by atoms with Crippen LogP contribution in [0, 0.1) is 0 Å². The first kappa shape index (κ1) is 13.9. The standard InChI is InChI=1S/C13H23N3O/c1-4-16(7-8-17)13-6-5-12(10-15-13)9-14-11(2)3/h5-6,10-11,14,17H,4,7-9H2,1-3H3. The van der Waals surface area contributed by atoms with E-state index in [9.17, 15) is 0 Å². The maximum Gasteiger partial charge on any atom is 0.128 e. The summed E-state index contributed by atoms with van der Waals surface area (Å²) >= 11 is 0. The van der Waals surface area contributed by atoms with Crippen molar-refractivity contribution in [2.45, 2.75) is 33.4 Å². The number of rotatable bonds is 7. The van der Waals surface area contributed by atoms with E-state index in [4.69, 9.17) is 5.11 Å². The molecular formula is C13H23N3O. The van der Waals surface area contributed by atoms with Crippen molar-refractivity contribution in [3.63, 3.8) is 0 Å². The first-order chi connectivity index (χ1) is 8.17. The van der Waals surface area contributed by atoms with Gasteiger partial charge in [0.2, 0.25) is 0 Å². The molecule has 96 valence electrons. The number of hydrogen-bond donors (Lipinski definition) is 2. The van der Waals surface area contributed by atoms with Crippen molar-refractivity contribution in [2.75, 3.05) is 24.6 Å². The molecule has 17 heavy (non-hydrogen) atoms. The van der Waals surface area contributed by atoms with E-state index in [1.807, 2.05) is 12.3 Å². The number of hydrogen-bond acceptors (Lipinski definition) is 4. The molecule has 0 saturated heterocycles. The summed E-state index contributed by atoms with van der Waals surface area (Å²) in [6.45, 7) is 8.81. The largest absolute Gasteiger partial charge is 0.395 e. The Hall–Kier alpha value is -1.13. The molecule has 0 aromatic carbocycles. The summed E-state index contributed by atoms with van der Waals surface area (Å²) in [7, 11) is 0. The summed E-state index contributed by atoms with van der Waals surface area (Å²) in [5.41, 5.74) is 1.18. The van der Waals surface area contributed by atoms with Crippen molar-refractivity contribution in [3.8, 4) is 0 Å². The van der Waals surface area contributed by atoms with Gasteiger partial charge in [0.25, 0.3) is 0 Å². The monoisotopic (exact) mass is 237 g/mol. The Morgan fingerprint density at radius 2 is 2.18 bits per heavy atom. The Morgan fingerprint density at radius 1 is 1.41 bits per heavy atom. The Bertz CT molecular complexity index is 311.